The van der Waals surface area contributed by atoms with Gasteiger partial charge >= 0.3 is 0 Å². The molecule has 2 aliphatic rings. The van der Waals surface area contributed by atoms with Crippen LogP contribution in [0.1, 0.15) is 40.0 Å². The van der Waals surface area contributed by atoms with Gasteiger partial charge in [-0.1, -0.05) is 27.2 Å². The monoisotopic (exact) mass is 298 g/mol. The molecule has 1 heterocycles. The maximum atomic E-state index is 12.2. The van der Waals surface area contributed by atoms with Crippen LogP contribution in [-0.2, 0) is 9.59 Å². The minimum atomic E-state index is 0.00519. The smallest absolute Gasteiger partial charge is 0.239 e. The van der Waals surface area contributed by atoms with Crippen LogP contribution in [0.25, 0.3) is 0 Å². The number of carbonyl (C=O) groups is 2. The summed E-state index contributed by atoms with van der Waals surface area (Å²) in [6, 6.07) is 0.275. The molecule has 0 aromatic rings. The van der Waals surface area contributed by atoms with Crippen LogP contribution in [-0.4, -0.2) is 40.9 Å². The van der Waals surface area contributed by atoms with E-state index in [0.29, 0.717) is 29.4 Å². The van der Waals surface area contributed by atoms with Crippen LogP contribution >= 0.6 is 11.8 Å². The average Bonchev–Trinajstić information content (AvgIpc) is 2.74. The van der Waals surface area contributed by atoms with Gasteiger partial charge in [0.25, 0.3) is 0 Å². The molecule has 0 radical (unpaired) electrons. The molecule has 1 N–H and O–H groups in total. The highest BCUT2D eigenvalue weighted by Crippen LogP contribution is 2.33. The zero-order valence-corrected chi connectivity index (χ0v) is 13.5. The Kier molecular flexibility index (Phi) is 5.35. The molecular weight excluding hydrogens is 272 g/mol. The van der Waals surface area contributed by atoms with Crippen molar-refractivity contribution in [2.45, 2.75) is 46.1 Å². The summed E-state index contributed by atoms with van der Waals surface area (Å²) in [4.78, 5) is 25.4. The largest absolute Gasteiger partial charge is 0.352 e. The van der Waals surface area contributed by atoms with Gasteiger partial charge in [0, 0.05) is 6.04 Å². The molecule has 114 valence electrons. The molecule has 2 fully saturated rings. The van der Waals surface area contributed by atoms with Crippen LogP contribution in [0.4, 0.5) is 0 Å². The Bertz CT molecular complexity index is 373. The van der Waals surface area contributed by atoms with Gasteiger partial charge in [-0.05, 0) is 30.6 Å². The second kappa shape index (κ2) is 6.83. The van der Waals surface area contributed by atoms with Gasteiger partial charge in [0.15, 0.2) is 0 Å². The summed E-state index contributed by atoms with van der Waals surface area (Å²) in [6.07, 6.45) is 3.52. The Balaban J connectivity index is 1.88. The average molecular weight is 298 g/mol. The molecule has 5 heteroatoms. The number of nitrogens with zero attached hydrogens (tertiary/aromatic N) is 1. The first kappa shape index (κ1) is 15.7. The van der Waals surface area contributed by atoms with Gasteiger partial charge in [0.05, 0.1) is 11.6 Å². The highest BCUT2D eigenvalue weighted by Gasteiger charge is 2.32. The Morgan fingerprint density at radius 2 is 2.20 bits per heavy atom. The Morgan fingerprint density at radius 3 is 2.80 bits per heavy atom. The molecule has 3 atom stereocenters. The third-order valence-corrected chi connectivity index (χ3v) is 5.47. The van der Waals surface area contributed by atoms with Crippen molar-refractivity contribution in [3.8, 4) is 0 Å². The van der Waals surface area contributed by atoms with Gasteiger partial charge in [-0.3, -0.25) is 9.59 Å². The van der Waals surface area contributed by atoms with E-state index in [1.54, 1.807) is 16.7 Å². The first-order valence-electron chi connectivity index (χ1n) is 7.62. The van der Waals surface area contributed by atoms with Crippen LogP contribution in [0, 0.1) is 17.8 Å². The number of amides is 2. The molecule has 20 heavy (non-hydrogen) atoms. The standard InChI is InChI=1S/C15H26N2O2S/c1-10(2)12-5-4-11(3)6-13(12)16-14(18)7-17-9-20-8-15(17)19/h10-13H,4-9H2,1-3H3,(H,16,18)/t11-,12-,13+/m1/s1. The first-order valence-corrected chi connectivity index (χ1v) is 8.77. The fourth-order valence-electron chi connectivity index (χ4n) is 3.33. The summed E-state index contributed by atoms with van der Waals surface area (Å²) in [6.45, 7) is 6.96. The van der Waals surface area contributed by atoms with E-state index < -0.39 is 0 Å². The maximum absolute atomic E-state index is 12.2. The van der Waals surface area contributed by atoms with Gasteiger partial charge in [0.2, 0.25) is 11.8 Å². The number of carbonyl (C=O) groups excluding carboxylic acids is 2. The highest BCUT2D eigenvalue weighted by atomic mass is 32.2. The molecule has 1 aliphatic carbocycles. The van der Waals surface area contributed by atoms with Gasteiger partial charge in [-0.15, -0.1) is 11.8 Å². The van der Waals surface area contributed by atoms with Crippen molar-refractivity contribution in [2.24, 2.45) is 17.8 Å². The molecule has 0 aromatic heterocycles. The molecule has 0 unspecified atom stereocenters. The molecule has 2 rings (SSSR count). The summed E-state index contributed by atoms with van der Waals surface area (Å²) in [5.74, 6) is 3.10. The fourth-order valence-corrected chi connectivity index (χ4v) is 4.24. The van der Waals surface area contributed by atoms with E-state index in [4.69, 9.17) is 0 Å². The summed E-state index contributed by atoms with van der Waals surface area (Å²) in [7, 11) is 0. The quantitative estimate of drug-likeness (QED) is 0.864. The summed E-state index contributed by atoms with van der Waals surface area (Å²) in [5.41, 5.74) is 0. The van der Waals surface area contributed by atoms with Crippen molar-refractivity contribution in [1.29, 1.82) is 0 Å². The predicted molar refractivity (Wildman–Crippen MR) is 82.3 cm³/mol. The molecule has 1 saturated carbocycles. The number of thioether (sulfide) groups is 1. The second-order valence-electron chi connectivity index (χ2n) is 6.57. The van der Waals surface area contributed by atoms with Crippen LogP contribution in [0.5, 0.6) is 0 Å². The van der Waals surface area contributed by atoms with Crippen molar-refractivity contribution in [1.82, 2.24) is 10.2 Å². The highest BCUT2D eigenvalue weighted by molar-refractivity contribution is 8.00. The third kappa shape index (κ3) is 3.90. The SMILES string of the molecule is CC(C)[C@H]1CC[C@@H](C)C[C@@H]1NC(=O)CN1CSCC1=O. The zero-order chi connectivity index (χ0) is 14.7. The molecular formula is C15H26N2O2S. The third-order valence-electron chi connectivity index (χ3n) is 4.53. The molecule has 1 aliphatic heterocycles. The van der Waals surface area contributed by atoms with Gasteiger partial charge < -0.3 is 10.2 Å². The van der Waals surface area contributed by atoms with Crippen LogP contribution in [0.3, 0.4) is 0 Å². The molecule has 4 nitrogen and oxygen atoms in total. The van der Waals surface area contributed by atoms with Crippen molar-refractivity contribution in [2.75, 3.05) is 18.2 Å². The first-order chi connectivity index (χ1) is 9.47. The van der Waals surface area contributed by atoms with E-state index in [2.05, 4.69) is 26.1 Å². The Morgan fingerprint density at radius 1 is 1.45 bits per heavy atom. The minimum absolute atomic E-state index is 0.00519. The van der Waals surface area contributed by atoms with E-state index in [1.165, 1.54) is 12.8 Å². The van der Waals surface area contributed by atoms with E-state index in [-0.39, 0.29) is 24.4 Å². The van der Waals surface area contributed by atoms with Crippen LogP contribution < -0.4 is 5.32 Å². The molecule has 0 spiro atoms. The lowest BCUT2D eigenvalue weighted by molar-refractivity contribution is -0.133. The summed E-state index contributed by atoms with van der Waals surface area (Å²) >= 11 is 1.58. The maximum Gasteiger partial charge on any atom is 0.239 e. The Labute approximate surface area is 126 Å². The van der Waals surface area contributed by atoms with Gasteiger partial charge in [-0.2, -0.15) is 0 Å². The van der Waals surface area contributed by atoms with Crippen molar-refractivity contribution < 1.29 is 9.59 Å². The number of hydrogen-bond acceptors (Lipinski definition) is 3. The number of nitrogens with one attached hydrogen (secondary N) is 1. The summed E-state index contributed by atoms with van der Waals surface area (Å²) < 4.78 is 0. The fraction of sp³-hybridized carbons (Fsp3) is 0.867. The van der Waals surface area contributed by atoms with Gasteiger partial charge in [-0.25, -0.2) is 0 Å². The Hall–Kier alpha value is -0.710. The van der Waals surface area contributed by atoms with E-state index in [1.807, 2.05) is 0 Å². The normalized spacial score (nSPS) is 30.9. The second-order valence-corrected chi connectivity index (χ2v) is 7.52. The van der Waals surface area contributed by atoms with E-state index in [0.717, 1.165) is 6.42 Å². The number of rotatable bonds is 4. The predicted octanol–water partition coefficient (Wildman–Crippen LogP) is 2.10. The molecule has 2 amide bonds. The van der Waals surface area contributed by atoms with Crippen molar-refractivity contribution in [3.05, 3.63) is 0 Å². The van der Waals surface area contributed by atoms with E-state index >= 15 is 0 Å². The van der Waals surface area contributed by atoms with Crippen LogP contribution in [0.15, 0.2) is 0 Å². The topological polar surface area (TPSA) is 49.4 Å². The van der Waals surface area contributed by atoms with E-state index in [9.17, 15) is 9.59 Å². The summed E-state index contributed by atoms with van der Waals surface area (Å²) in [5, 5.41) is 3.19. The van der Waals surface area contributed by atoms with Crippen molar-refractivity contribution in [3.63, 3.8) is 0 Å². The van der Waals surface area contributed by atoms with Crippen molar-refractivity contribution >= 4 is 23.6 Å². The lowest BCUT2D eigenvalue weighted by Gasteiger charge is -2.38. The van der Waals surface area contributed by atoms with Crippen LogP contribution in [0.2, 0.25) is 0 Å². The molecule has 0 aromatic carbocycles. The van der Waals surface area contributed by atoms with Gasteiger partial charge in [0.1, 0.15) is 6.54 Å². The lowest BCUT2D eigenvalue weighted by Crippen LogP contribution is -2.48. The lowest BCUT2D eigenvalue weighted by atomic mass is 9.74. The minimum Gasteiger partial charge on any atom is -0.352 e. The molecule has 0 bridgehead atoms. The molecule has 1 saturated heterocycles. The zero-order valence-electron chi connectivity index (χ0n) is 12.7. The number of hydrogen-bond donors (Lipinski definition) is 1.